The highest BCUT2D eigenvalue weighted by molar-refractivity contribution is 5.84. The van der Waals surface area contributed by atoms with Gasteiger partial charge in [0.05, 0.1) is 11.6 Å². The van der Waals surface area contributed by atoms with Gasteiger partial charge in [-0.2, -0.15) is 4.52 Å². The van der Waals surface area contributed by atoms with Crippen LogP contribution in [0.4, 0.5) is 0 Å². The molecule has 2 aliphatic rings. The number of hydrogen-bond donors (Lipinski definition) is 0. The van der Waals surface area contributed by atoms with Crippen LogP contribution in [0.3, 0.4) is 0 Å². The van der Waals surface area contributed by atoms with Crippen LogP contribution in [0.15, 0.2) is 24.3 Å². The number of tetrazole rings is 1. The maximum Gasteiger partial charge on any atom is 0.226 e. The number of benzene rings is 1. The molecule has 140 valence electrons. The maximum atomic E-state index is 12.9. The molecule has 0 spiro atoms. The number of carbonyl (C=O) groups is 1. The van der Waals surface area contributed by atoms with E-state index < -0.39 is 0 Å². The predicted octanol–water partition coefficient (Wildman–Crippen LogP) is 2.50. The Hall–Kier alpha value is -2.54. The number of amides is 1. The molecule has 0 unspecified atom stereocenters. The fourth-order valence-corrected chi connectivity index (χ4v) is 3.96. The number of fused-ring (bicyclic) bond motifs is 3. The van der Waals surface area contributed by atoms with Crippen LogP contribution in [0.2, 0.25) is 0 Å². The smallest absolute Gasteiger partial charge is 0.226 e. The zero-order chi connectivity index (χ0) is 18.4. The quantitative estimate of drug-likeness (QED) is 0.695. The van der Waals surface area contributed by atoms with Crippen LogP contribution < -0.4 is 0 Å². The monoisotopic (exact) mass is 365 g/mol. The summed E-state index contributed by atoms with van der Waals surface area (Å²) >= 11 is 0. The second kappa shape index (κ2) is 6.56. The minimum Gasteiger partial charge on any atom is -0.376 e. The van der Waals surface area contributed by atoms with Gasteiger partial charge in [-0.05, 0) is 61.2 Å². The van der Waals surface area contributed by atoms with E-state index in [4.69, 9.17) is 4.74 Å². The van der Waals surface area contributed by atoms with Crippen molar-refractivity contribution < 1.29 is 9.53 Å². The van der Waals surface area contributed by atoms with Crippen molar-refractivity contribution in [2.24, 2.45) is 5.92 Å². The van der Waals surface area contributed by atoms with E-state index in [-0.39, 0.29) is 17.9 Å². The molecule has 0 bridgehead atoms. The Morgan fingerprint density at radius 2 is 2.19 bits per heavy atom. The van der Waals surface area contributed by atoms with E-state index in [1.165, 1.54) is 5.56 Å². The van der Waals surface area contributed by atoms with Crippen LogP contribution in [-0.2, 0) is 16.1 Å². The average molecular weight is 365 g/mol. The number of aromatic nitrogens is 4. The van der Waals surface area contributed by atoms with Gasteiger partial charge in [-0.3, -0.25) is 4.79 Å². The summed E-state index contributed by atoms with van der Waals surface area (Å²) in [5, 5.41) is 13.4. The first-order valence-corrected chi connectivity index (χ1v) is 9.70. The Morgan fingerprint density at radius 1 is 1.30 bits per heavy atom. The molecule has 3 heterocycles. The number of rotatable bonds is 5. The van der Waals surface area contributed by atoms with Gasteiger partial charge in [-0.25, -0.2) is 0 Å². The van der Waals surface area contributed by atoms with Gasteiger partial charge in [0.25, 0.3) is 0 Å². The minimum atomic E-state index is 0.141. The van der Waals surface area contributed by atoms with Crippen molar-refractivity contribution >= 4 is 22.5 Å². The first-order valence-electron chi connectivity index (χ1n) is 9.70. The number of carbonyl (C=O) groups excluding carboxylic acids is 1. The minimum absolute atomic E-state index is 0.141. The SMILES string of the molecule is Cc1ccc2c(c1)cc(CN(C[C@@H]1CCCO1)C(=O)C1CC1)c1nnnn12. The molecule has 7 heteroatoms. The van der Waals surface area contributed by atoms with Crippen LogP contribution in [0.25, 0.3) is 16.6 Å². The van der Waals surface area contributed by atoms with E-state index in [0.717, 1.165) is 48.8 Å². The van der Waals surface area contributed by atoms with Crippen molar-refractivity contribution in [3.63, 3.8) is 0 Å². The standard InChI is InChI=1S/C20H23N5O2/c1-13-4-7-18-15(9-13)10-16(19-21-22-23-25(18)19)11-24(20(26)14-5-6-14)12-17-3-2-8-27-17/h4,7,9-10,14,17H,2-3,5-6,8,11-12H2,1H3/t17-/m0/s1. The van der Waals surface area contributed by atoms with Crippen LogP contribution in [-0.4, -0.2) is 50.1 Å². The second-order valence-electron chi connectivity index (χ2n) is 7.77. The molecule has 0 radical (unpaired) electrons. The van der Waals surface area contributed by atoms with E-state index >= 15 is 0 Å². The first kappa shape index (κ1) is 16.6. The van der Waals surface area contributed by atoms with E-state index in [2.05, 4.69) is 40.6 Å². The Labute approximate surface area is 157 Å². The lowest BCUT2D eigenvalue weighted by Crippen LogP contribution is -2.38. The predicted molar refractivity (Wildman–Crippen MR) is 100 cm³/mol. The summed E-state index contributed by atoms with van der Waals surface area (Å²) in [6.45, 7) is 4.03. The topological polar surface area (TPSA) is 72.6 Å². The van der Waals surface area contributed by atoms with Crippen molar-refractivity contribution in [3.8, 4) is 0 Å². The van der Waals surface area contributed by atoms with Gasteiger partial charge in [0.1, 0.15) is 0 Å². The zero-order valence-electron chi connectivity index (χ0n) is 15.5. The van der Waals surface area contributed by atoms with E-state index in [1.54, 1.807) is 4.52 Å². The molecule has 2 aromatic heterocycles. The van der Waals surface area contributed by atoms with Crippen molar-refractivity contribution in [2.45, 2.75) is 45.3 Å². The largest absolute Gasteiger partial charge is 0.376 e. The van der Waals surface area contributed by atoms with Gasteiger partial charge in [0.15, 0.2) is 5.65 Å². The lowest BCUT2D eigenvalue weighted by molar-refractivity contribution is -0.134. The van der Waals surface area contributed by atoms with Crippen molar-refractivity contribution in [2.75, 3.05) is 13.2 Å². The molecular formula is C20H23N5O2. The van der Waals surface area contributed by atoms with Crippen LogP contribution in [0.1, 0.15) is 36.8 Å². The van der Waals surface area contributed by atoms with Crippen LogP contribution in [0.5, 0.6) is 0 Å². The third-order valence-electron chi connectivity index (χ3n) is 5.55. The molecule has 1 saturated heterocycles. The molecular weight excluding hydrogens is 342 g/mol. The molecule has 1 atom stereocenters. The van der Waals surface area contributed by atoms with Gasteiger partial charge in [0, 0.05) is 36.6 Å². The van der Waals surface area contributed by atoms with Gasteiger partial charge in [0.2, 0.25) is 5.91 Å². The number of pyridine rings is 1. The highest BCUT2D eigenvalue weighted by atomic mass is 16.5. The van der Waals surface area contributed by atoms with Crippen LogP contribution >= 0.6 is 0 Å². The first-order chi connectivity index (χ1) is 13.2. The second-order valence-corrected chi connectivity index (χ2v) is 7.77. The molecule has 0 N–H and O–H groups in total. The molecule has 7 nitrogen and oxygen atoms in total. The van der Waals surface area contributed by atoms with E-state index in [9.17, 15) is 4.79 Å². The Balaban J connectivity index is 1.53. The highest BCUT2D eigenvalue weighted by Gasteiger charge is 2.35. The normalized spacial score (nSPS) is 19.8. The molecule has 1 amide bonds. The van der Waals surface area contributed by atoms with Gasteiger partial charge >= 0.3 is 0 Å². The molecule has 1 aliphatic heterocycles. The third-order valence-corrected chi connectivity index (χ3v) is 5.55. The van der Waals surface area contributed by atoms with Gasteiger partial charge in [-0.1, -0.05) is 11.6 Å². The van der Waals surface area contributed by atoms with E-state index in [1.807, 2.05) is 11.0 Å². The Morgan fingerprint density at radius 3 is 2.96 bits per heavy atom. The fourth-order valence-electron chi connectivity index (χ4n) is 3.96. The summed E-state index contributed by atoms with van der Waals surface area (Å²) in [4.78, 5) is 14.9. The third kappa shape index (κ3) is 3.16. The van der Waals surface area contributed by atoms with E-state index in [0.29, 0.717) is 18.7 Å². The number of nitrogens with zero attached hydrogens (tertiary/aromatic N) is 5. The van der Waals surface area contributed by atoms with Gasteiger partial charge < -0.3 is 9.64 Å². The van der Waals surface area contributed by atoms with Crippen LogP contribution in [0, 0.1) is 12.8 Å². The van der Waals surface area contributed by atoms with Crippen molar-refractivity contribution in [1.82, 2.24) is 24.9 Å². The van der Waals surface area contributed by atoms with Crippen molar-refractivity contribution in [3.05, 3.63) is 35.4 Å². The van der Waals surface area contributed by atoms with Crippen molar-refractivity contribution in [1.29, 1.82) is 0 Å². The number of aryl methyl sites for hydroxylation is 1. The number of hydrogen-bond acceptors (Lipinski definition) is 5. The molecule has 1 aliphatic carbocycles. The summed E-state index contributed by atoms with van der Waals surface area (Å²) in [7, 11) is 0. The fraction of sp³-hybridized carbons (Fsp3) is 0.500. The molecule has 27 heavy (non-hydrogen) atoms. The number of ether oxygens (including phenoxy) is 1. The highest BCUT2D eigenvalue weighted by Crippen LogP contribution is 2.32. The lowest BCUT2D eigenvalue weighted by atomic mass is 10.1. The molecule has 1 saturated carbocycles. The summed E-state index contributed by atoms with van der Waals surface area (Å²) in [5.41, 5.74) is 3.85. The average Bonchev–Trinajstić information content (AvgIpc) is 3.15. The Kier molecular flexibility index (Phi) is 4.04. The zero-order valence-corrected chi connectivity index (χ0v) is 15.5. The Bertz CT molecular complexity index is 1000. The maximum absolute atomic E-state index is 12.9. The lowest BCUT2D eigenvalue weighted by Gasteiger charge is -2.26. The molecule has 5 rings (SSSR count). The molecule has 2 fully saturated rings. The summed E-state index contributed by atoms with van der Waals surface area (Å²) in [6.07, 6.45) is 4.23. The molecule has 3 aromatic rings. The molecule has 1 aromatic carbocycles. The summed E-state index contributed by atoms with van der Waals surface area (Å²) in [6, 6.07) is 8.35. The summed E-state index contributed by atoms with van der Waals surface area (Å²) < 4.78 is 7.56. The van der Waals surface area contributed by atoms with Gasteiger partial charge in [-0.15, -0.1) is 5.10 Å². The summed E-state index contributed by atoms with van der Waals surface area (Å²) in [5.74, 6) is 0.418.